The molecule has 3 rings (SSSR count). The van der Waals surface area contributed by atoms with Crippen molar-refractivity contribution in [2.24, 2.45) is 0 Å². The normalized spacial score (nSPS) is 11.9. The molecule has 0 radical (unpaired) electrons. The van der Waals surface area contributed by atoms with Gasteiger partial charge in [0.05, 0.1) is 17.7 Å². The SMILES string of the molecule is CCNC(=O)C(CC)N(Cc1ccc(F)cc1)C(=O)CN(c1ccc(OC)cc1)S(=O)(=O)c1ccc(C)cc1. The molecule has 2 amide bonds. The van der Waals surface area contributed by atoms with Crippen molar-refractivity contribution in [1.82, 2.24) is 10.2 Å². The highest BCUT2D eigenvalue weighted by atomic mass is 32.2. The van der Waals surface area contributed by atoms with Crippen molar-refractivity contribution in [2.75, 3.05) is 24.5 Å². The summed E-state index contributed by atoms with van der Waals surface area (Å²) >= 11 is 0. The van der Waals surface area contributed by atoms with Crippen molar-refractivity contribution in [3.63, 3.8) is 0 Å². The van der Waals surface area contributed by atoms with Gasteiger partial charge in [-0.3, -0.25) is 13.9 Å². The number of methoxy groups -OCH3 is 1. The lowest BCUT2D eigenvalue weighted by atomic mass is 10.1. The highest BCUT2D eigenvalue weighted by Crippen LogP contribution is 2.27. The maximum Gasteiger partial charge on any atom is 0.264 e. The Bertz CT molecular complexity index is 1360. The minimum atomic E-state index is -4.17. The van der Waals surface area contributed by atoms with Gasteiger partial charge in [0, 0.05) is 13.1 Å². The summed E-state index contributed by atoms with van der Waals surface area (Å²) < 4.78 is 47.4. The molecule has 208 valence electrons. The third-order valence-electron chi connectivity index (χ3n) is 6.25. The molecule has 0 aliphatic rings. The molecule has 1 N–H and O–H groups in total. The monoisotopic (exact) mass is 555 g/mol. The number of rotatable bonds is 12. The minimum Gasteiger partial charge on any atom is -0.497 e. The van der Waals surface area contributed by atoms with E-state index in [1.165, 1.54) is 48.4 Å². The molecule has 0 heterocycles. The summed E-state index contributed by atoms with van der Waals surface area (Å²) in [5.41, 5.74) is 1.75. The highest BCUT2D eigenvalue weighted by molar-refractivity contribution is 7.92. The predicted molar refractivity (Wildman–Crippen MR) is 148 cm³/mol. The van der Waals surface area contributed by atoms with Crippen molar-refractivity contribution in [3.8, 4) is 5.75 Å². The number of anilines is 1. The summed E-state index contributed by atoms with van der Waals surface area (Å²) in [5, 5.41) is 2.75. The minimum absolute atomic E-state index is 0.00418. The number of amides is 2. The van der Waals surface area contributed by atoms with Gasteiger partial charge in [0.25, 0.3) is 10.0 Å². The second-order valence-corrected chi connectivity index (χ2v) is 10.9. The van der Waals surface area contributed by atoms with Crippen LogP contribution in [0.5, 0.6) is 5.75 Å². The predicted octanol–water partition coefficient (Wildman–Crippen LogP) is 4.28. The second-order valence-electron chi connectivity index (χ2n) is 8.99. The average Bonchev–Trinajstić information content (AvgIpc) is 2.93. The average molecular weight is 556 g/mol. The largest absolute Gasteiger partial charge is 0.497 e. The van der Waals surface area contributed by atoms with Crippen molar-refractivity contribution >= 4 is 27.5 Å². The van der Waals surface area contributed by atoms with E-state index >= 15 is 0 Å². The Morgan fingerprint density at radius 2 is 1.56 bits per heavy atom. The van der Waals surface area contributed by atoms with E-state index in [0.717, 1.165) is 9.87 Å². The fourth-order valence-electron chi connectivity index (χ4n) is 4.11. The topological polar surface area (TPSA) is 96.0 Å². The van der Waals surface area contributed by atoms with Crippen LogP contribution in [0, 0.1) is 12.7 Å². The number of sulfonamides is 1. The van der Waals surface area contributed by atoms with Crippen molar-refractivity contribution in [2.45, 2.75) is 44.7 Å². The zero-order valence-electron chi connectivity index (χ0n) is 22.6. The number of benzene rings is 3. The molecule has 1 unspecified atom stereocenters. The zero-order valence-corrected chi connectivity index (χ0v) is 23.4. The summed E-state index contributed by atoms with van der Waals surface area (Å²) in [7, 11) is -2.67. The van der Waals surface area contributed by atoms with Gasteiger partial charge < -0.3 is 15.0 Å². The van der Waals surface area contributed by atoms with Gasteiger partial charge in [-0.15, -0.1) is 0 Å². The van der Waals surface area contributed by atoms with E-state index in [2.05, 4.69) is 5.32 Å². The third-order valence-corrected chi connectivity index (χ3v) is 8.04. The summed E-state index contributed by atoms with van der Waals surface area (Å²) in [4.78, 5) is 28.2. The van der Waals surface area contributed by atoms with E-state index in [-0.39, 0.29) is 23.0 Å². The highest BCUT2D eigenvalue weighted by Gasteiger charge is 2.33. The lowest BCUT2D eigenvalue weighted by molar-refractivity contribution is -0.140. The number of hydrogen-bond donors (Lipinski definition) is 1. The Labute approximate surface area is 229 Å². The number of nitrogens with one attached hydrogen (secondary N) is 1. The van der Waals surface area contributed by atoms with Crippen LogP contribution in [0.1, 0.15) is 31.4 Å². The van der Waals surface area contributed by atoms with E-state index in [1.54, 1.807) is 50.2 Å². The van der Waals surface area contributed by atoms with Gasteiger partial charge in [0.1, 0.15) is 24.2 Å². The standard InChI is InChI=1S/C29H34FN3O5S/c1-5-27(29(35)31-6-2)32(19-22-9-11-23(30)12-10-22)28(34)20-33(24-13-15-25(38-4)16-14-24)39(36,37)26-17-7-21(3)8-18-26/h7-18,27H,5-6,19-20H2,1-4H3,(H,31,35). The number of hydrogen-bond acceptors (Lipinski definition) is 5. The van der Waals surface area contributed by atoms with Gasteiger partial charge in [-0.2, -0.15) is 0 Å². The summed E-state index contributed by atoms with van der Waals surface area (Å²) in [6.45, 7) is 5.20. The van der Waals surface area contributed by atoms with Crippen LogP contribution in [0.25, 0.3) is 0 Å². The Morgan fingerprint density at radius 1 is 0.949 bits per heavy atom. The van der Waals surface area contributed by atoms with E-state index in [0.29, 0.717) is 24.3 Å². The summed E-state index contributed by atoms with van der Waals surface area (Å²) in [5.74, 6) is -0.836. The molecule has 0 aliphatic carbocycles. The molecule has 0 saturated heterocycles. The maximum atomic E-state index is 13.9. The molecule has 8 nitrogen and oxygen atoms in total. The molecular weight excluding hydrogens is 521 g/mol. The van der Waals surface area contributed by atoms with Crippen LogP contribution in [-0.2, 0) is 26.2 Å². The number of carbonyl (C=O) groups excluding carboxylic acids is 2. The second kappa shape index (κ2) is 13.2. The van der Waals surface area contributed by atoms with Gasteiger partial charge in [0.2, 0.25) is 11.8 Å². The first-order valence-electron chi connectivity index (χ1n) is 12.7. The Kier molecular flexibility index (Phi) is 10.1. The van der Waals surface area contributed by atoms with Gasteiger partial charge in [0.15, 0.2) is 0 Å². The van der Waals surface area contributed by atoms with E-state index in [4.69, 9.17) is 4.74 Å². The fourth-order valence-corrected chi connectivity index (χ4v) is 5.53. The molecule has 0 aromatic heterocycles. The molecule has 3 aromatic carbocycles. The maximum absolute atomic E-state index is 13.9. The quantitative estimate of drug-likeness (QED) is 0.360. The fraction of sp³-hybridized carbons (Fsp3) is 0.310. The lowest BCUT2D eigenvalue weighted by Gasteiger charge is -2.33. The zero-order chi connectivity index (χ0) is 28.6. The molecule has 39 heavy (non-hydrogen) atoms. The molecule has 0 spiro atoms. The van der Waals surface area contributed by atoms with Crippen LogP contribution in [0.3, 0.4) is 0 Å². The molecule has 3 aromatic rings. The van der Waals surface area contributed by atoms with Crippen LogP contribution < -0.4 is 14.4 Å². The number of halogens is 1. The Morgan fingerprint density at radius 3 is 2.10 bits per heavy atom. The van der Waals surface area contributed by atoms with Gasteiger partial charge >= 0.3 is 0 Å². The van der Waals surface area contributed by atoms with E-state index < -0.39 is 34.3 Å². The molecule has 0 fully saturated rings. The third kappa shape index (κ3) is 7.35. The van der Waals surface area contributed by atoms with Gasteiger partial charge in [-0.05, 0) is 74.4 Å². The van der Waals surface area contributed by atoms with Crippen molar-refractivity contribution in [1.29, 1.82) is 0 Å². The summed E-state index contributed by atoms with van der Waals surface area (Å²) in [6.07, 6.45) is 0.298. The molecule has 0 bridgehead atoms. The first-order valence-corrected chi connectivity index (χ1v) is 14.1. The van der Waals surface area contributed by atoms with Crippen LogP contribution >= 0.6 is 0 Å². The van der Waals surface area contributed by atoms with Crippen LogP contribution in [-0.4, -0.2) is 51.4 Å². The lowest BCUT2D eigenvalue weighted by Crippen LogP contribution is -2.52. The van der Waals surface area contributed by atoms with E-state index in [1.807, 2.05) is 6.92 Å². The molecule has 10 heteroatoms. The molecule has 0 aliphatic heterocycles. The number of aryl methyl sites for hydroxylation is 1. The number of carbonyl (C=O) groups is 2. The number of likely N-dealkylation sites (N-methyl/N-ethyl adjacent to an activating group) is 1. The van der Waals surface area contributed by atoms with Crippen LogP contribution in [0.4, 0.5) is 10.1 Å². The Hall–Kier alpha value is -3.92. The van der Waals surface area contributed by atoms with Crippen molar-refractivity contribution in [3.05, 3.63) is 89.7 Å². The van der Waals surface area contributed by atoms with Gasteiger partial charge in [-0.1, -0.05) is 36.8 Å². The number of nitrogens with zero attached hydrogens (tertiary/aromatic N) is 2. The summed E-state index contributed by atoms with van der Waals surface area (Å²) in [6, 6.07) is 17.4. The Balaban J connectivity index is 2.05. The molecular formula is C29H34FN3O5S. The molecule has 0 saturated carbocycles. The molecule has 1 atom stereocenters. The smallest absolute Gasteiger partial charge is 0.264 e. The first-order chi connectivity index (χ1) is 18.6. The first kappa shape index (κ1) is 29.6. The van der Waals surface area contributed by atoms with Crippen LogP contribution in [0.15, 0.2) is 77.7 Å². The van der Waals surface area contributed by atoms with Crippen molar-refractivity contribution < 1.29 is 27.1 Å². The van der Waals surface area contributed by atoms with Crippen LogP contribution in [0.2, 0.25) is 0 Å². The van der Waals surface area contributed by atoms with Gasteiger partial charge in [-0.25, -0.2) is 12.8 Å². The van der Waals surface area contributed by atoms with E-state index in [9.17, 15) is 22.4 Å². The number of ether oxygens (including phenoxy) is 1.